The minimum atomic E-state index is -0.0809. The maximum Gasteiger partial charge on any atom is 0.328 e. The summed E-state index contributed by atoms with van der Waals surface area (Å²) in [7, 11) is 3.47. The summed E-state index contributed by atoms with van der Waals surface area (Å²) >= 11 is 0. The number of hydrogen-bond donors (Lipinski definition) is 0. The fraction of sp³-hybridized carbons (Fsp3) is 0.412. The van der Waals surface area contributed by atoms with E-state index in [9.17, 15) is 4.79 Å². The van der Waals surface area contributed by atoms with Crippen LogP contribution in [0.4, 0.5) is 4.79 Å². The minimum absolute atomic E-state index is 0.0809. The van der Waals surface area contributed by atoms with Crippen molar-refractivity contribution in [3.8, 4) is 0 Å². The zero-order valence-electron chi connectivity index (χ0n) is 13.7. The van der Waals surface area contributed by atoms with Crippen LogP contribution in [0.2, 0.25) is 0 Å². The minimum Gasteiger partial charge on any atom is -0.330 e. The Morgan fingerprint density at radius 2 is 1.71 bits per heavy atom. The lowest BCUT2D eigenvalue weighted by molar-refractivity contribution is 0.219. The maximum absolute atomic E-state index is 11.9. The predicted octanol–water partition coefficient (Wildman–Crippen LogP) is 3.24. The van der Waals surface area contributed by atoms with Gasteiger partial charge in [0.1, 0.15) is 6.33 Å². The Bertz CT molecular complexity index is 657. The molecule has 0 bridgehead atoms. The lowest BCUT2D eigenvalue weighted by Gasteiger charge is -2.14. The fourth-order valence-corrected chi connectivity index (χ4v) is 2.54. The molecule has 112 valence electrons. The van der Waals surface area contributed by atoms with Crippen molar-refractivity contribution in [2.75, 3.05) is 14.1 Å². The van der Waals surface area contributed by atoms with E-state index in [1.807, 2.05) is 6.20 Å². The summed E-state index contributed by atoms with van der Waals surface area (Å²) in [6.07, 6.45) is 4.16. The van der Waals surface area contributed by atoms with Crippen LogP contribution in [0.25, 0.3) is 0 Å². The summed E-state index contributed by atoms with van der Waals surface area (Å²) in [6, 6.07) is 2.14. The Labute approximate surface area is 126 Å². The molecule has 0 fully saturated rings. The quantitative estimate of drug-likeness (QED) is 0.849. The summed E-state index contributed by atoms with van der Waals surface area (Å²) < 4.78 is 1.53. The van der Waals surface area contributed by atoms with E-state index in [0.717, 1.165) is 12.1 Å². The molecule has 4 heteroatoms. The molecule has 2 aromatic rings. The number of aryl methyl sites for hydroxylation is 2. The van der Waals surface area contributed by atoms with Crippen molar-refractivity contribution in [2.24, 2.45) is 0 Å². The molecule has 0 saturated heterocycles. The van der Waals surface area contributed by atoms with Gasteiger partial charge in [0.25, 0.3) is 0 Å². The van der Waals surface area contributed by atoms with Crippen molar-refractivity contribution >= 4 is 6.03 Å². The van der Waals surface area contributed by atoms with Crippen molar-refractivity contribution in [3.63, 3.8) is 0 Å². The first-order chi connectivity index (χ1) is 9.81. The summed E-state index contributed by atoms with van der Waals surface area (Å²) in [5.74, 6) is 0. The van der Waals surface area contributed by atoms with Crippen LogP contribution in [0.5, 0.6) is 0 Å². The molecular formula is C17H23N3O. The number of rotatable bonds is 2. The van der Waals surface area contributed by atoms with Crippen LogP contribution in [0, 0.1) is 27.7 Å². The largest absolute Gasteiger partial charge is 0.330 e. The molecule has 2 rings (SSSR count). The van der Waals surface area contributed by atoms with Crippen molar-refractivity contribution in [1.82, 2.24) is 14.5 Å². The first-order valence-corrected chi connectivity index (χ1v) is 7.12. The molecule has 1 heterocycles. The number of aromatic nitrogens is 2. The predicted molar refractivity (Wildman–Crippen MR) is 84.9 cm³/mol. The van der Waals surface area contributed by atoms with Gasteiger partial charge in [0, 0.05) is 26.7 Å². The molecule has 0 spiro atoms. The summed E-state index contributed by atoms with van der Waals surface area (Å²) in [5.41, 5.74) is 7.46. The van der Waals surface area contributed by atoms with Crippen LogP contribution in [0.1, 0.15) is 33.5 Å². The highest BCUT2D eigenvalue weighted by atomic mass is 16.2. The standard InChI is InChI=1S/C17H23N3O/c1-11-7-12(2)14(4)16(13(11)3)8-15-9-20(10-18-15)17(21)19(5)6/h7,9-10H,8H2,1-6H3. The van der Waals surface area contributed by atoms with Crippen LogP contribution in [-0.4, -0.2) is 34.6 Å². The van der Waals surface area contributed by atoms with Crippen molar-refractivity contribution in [2.45, 2.75) is 34.1 Å². The van der Waals surface area contributed by atoms with Gasteiger partial charge in [-0.25, -0.2) is 9.78 Å². The van der Waals surface area contributed by atoms with Crippen molar-refractivity contribution in [3.05, 3.63) is 52.1 Å². The van der Waals surface area contributed by atoms with Crippen LogP contribution in [-0.2, 0) is 6.42 Å². The van der Waals surface area contributed by atoms with Crippen LogP contribution in [0.3, 0.4) is 0 Å². The van der Waals surface area contributed by atoms with Crippen LogP contribution < -0.4 is 0 Å². The summed E-state index contributed by atoms with van der Waals surface area (Å²) in [6.45, 7) is 8.58. The zero-order valence-corrected chi connectivity index (χ0v) is 13.7. The molecule has 0 aliphatic heterocycles. The number of hydrogen-bond acceptors (Lipinski definition) is 2. The molecule has 1 amide bonds. The monoisotopic (exact) mass is 285 g/mol. The van der Waals surface area contributed by atoms with Gasteiger partial charge in [0.05, 0.1) is 5.69 Å². The van der Waals surface area contributed by atoms with E-state index < -0.39 is 0 Å². The molecule has 0 saturated carbocycles. The molecule has 0 aliphatic rings. The highest BCUT2D eigenvalue weighted by Crippen LogP contribution is 2.23. The normalized spacial score (nSPS) is 10.8. The van der Waals surface area contributed by atoms with Crippen molar-refractivity contribution < 1.29 is 4.79 Å². The molecule has 0 unspecified atom stereocenters. The van der Waals surface area contributed by atoms with Crippen LogP contribution in [0.15, 0.2) is 18.6 Å². The van der Waals surface area contributed by atoms with Gasteiger partial charge in [-0.15, -0.1) is 0 Å². The number of amides is 1. The molecule has 1 aromatic carbocycles. The fourth-order valence-electron chi connectivity index (χ4n) is 2.54. The maximum atomic E-state index is 11.9. The molecular weight excluding hydrogens is 262 g/mol. The Morgan fingerprint density at radius 1 is 1.14 bits per heavy atom. The molecule has 21 heavy (non-hydrogen) atoms. The molecule has 0 atom stereocenters. The van der Waals surface area contributed by atoms with Gasteiger partial charge >= 0.3 is 6.03 Å². The Hall–Kier alpha value is -2.10. The van der Waals surface area contributed by atoms with E-state index in [4.69, 9.17) is 0 Å². The van der Waals surface area contributed by atoms with E-state index in [2.05, 4.69) is 38.7 Å². The molecule has 0 N–H and O–H groups in total. The molecule has 0 aliphatic carbocycles. The number of carbonyl (C=O) groups excluding carboxylic acids is 1. The first kappa shape index (κ1) is 15.3. The highest BCUT2D eigenvalue weighted by molar-refractivity contribution is 5.76. The van der Waals surface area contributed by atoms with Gasteiger partial charge in [-0.3, -0.25) is 4.57 Å². The van der Waals surface area contributed by atoms with Crippen molar-refractivity contribution in [1.29, 1.82) is 0 Å². The summed E-state index contributed by atoms with van der Waals surface area (Å²) in [5, 5.41) is 0. The van der Waals surface area contributed by atoms with E-state index in [0.29, 0.717) is 0 Å². The Kier molecular flexibility index (Phi) is 4.16. The zero-order chi connectivity index (χ0) is 15.7. The number of nitrogens with zero attached hydrogens (tertiary/aromatic N) is 3. The van der Waals surface area contributed by atoms with E-state index >= 15 is 0 Å². The lowest BCUT2D eigenvalue weighted by Crippen LogP contribution is -2.26. The van der Waals surface area contributed by atoms with E-state index in [1.54, 1.807) is 25.3 Å². The summed E-state index contributed by atoms with van der Waals surface area (Å²) in [4.78, 5) is 17.8. The first-order valence-electron chi connectivity index (χ1n) is 7.12. The third-order valence-corrected chi connectivity index (χ3v) is 4.12. The SMILES string of the molecule is Cc1cc(C)c(C)c(Cc2cn(C(=O)N(C)C)cn2)c1C. The third-order valence-electron chi connectivity index (χ3n) is 4.12. The molecule has 0 radical (unpaired) electrons. The van der Waals surface area contributed by atoms with Gasteiger partial charge in [-0.2, -0.15) is 0 Å². The van der Waals surface area contributed by atoms with Crippen LogP contribution >= 0.6 is 0 Å². The molecule has 4 nitrogen and oxygen atoms in total. The second kappa shape index (κ2) is 5.72. The lowest BCUT2D eigenvalue weighted by atomic mass is 9.92. The van der Waals surface area contributed by atoms with Gasteiger partial charge in [0.2, 0.25) is 0 Å². The second-order valence-electron chi connectivity index (χ2n) is 5.86. The third kappa shape index (κ3) is 2.99. The van der Waals surface area contributed by atoms with Gasteiger partial charge in [0.15, 0.2) is 0 Å². The van der Waals surface area contributed by atoms with Gasteiger partial charge < -0.3 is 4.90 Å². The van der Waals surface area contributed by atoms with E-state index in [1.165, 1.54) is 32.4 Å². The number of imidazole rings is 1. The average Bonchev–Trinajstić information content (AvgIpc) is 2.89. The van der Waals surface area contributed by atoms with E-state index in [-0.39, 0.29) is 6.03 Å². The van der Waals surface area contributed by atoms with Gasteiger partial charge in [-0.1, -0.05) is 6.07 Å². The topological polar surface area (TPSA) is 38.1 Å². The number of carbonyl (C=O) groups is 1. The smallest absolute Gasteiger partial charge is 0.328 e. The Balaban J connectivity index is 2.34. The Morgan fingerprint density at radius 3 is 2.24 bits per heavy atom. The average molecular weight is 285 g/mol. The van der Waals surface area contributed by atoms with Gasteiger partial charge in [-0.05, 0) is 55.5 Å². The number of benzene rings is 1. The highest BCUT2D eigenvalue weighted by Gasteiger charge is 2.13. The second-order valence-corrected chi connectivity index (χ2v) is 5.86. The molecule has 1 aromatic heterocycles.